The summed E-state index contributed by atoms with van der Waals surface area (Å²) in [6.45, 7) is 2.31. The van der Waals surface area contributed by atoms with Gasteiger partial charge in [0.05, 0.1) is 13.2 Å². The van der Waals surface area contributed by atoms with E-state index in [2.05, 4.69) is 22.3 Å². The van der Waals surface area contributed by atoms with Gasteiger partial charge >= 0.3 is 0 Å². The Morgan fingerprint density at radius 2 is 2.48 bits per heavy atom. The molecule has 2 heterocycles. The lowest BCUT2D eigenvalue weighted by Gasteiger charge is -2.12. The van der Waals surface area contributed by atoms with Crippen molar-refractivity contribution < 1.29 is 9.90 Å². The van der Waals surface area contributed by atoms with Gasteiger partial charge in [0.1, 0.15) is 6.04 Å². The first-order chi connectivity index (χ1) is 10.2. The van der Waals surface area contributed by atoms with E-state index in [1.807, 2.05) is 11.4 Å². The highest BCUT2D eigenvalue weighted by Crippen LogP contribution is 2.16. The molecule has 2 N–H and O–H groups in total. The molecule has 0 spiro atoms. The predicted octanol–water partition coefficient (Wildman–Crippen LogP) is 1.56. The molecule has 110 valence electrons. The molecule has 0 aliphatic rings. The maximum atomic E-state index is 12.1. The Morgan fingerprint density at radius 3 is 3.19 bits per heavy atom. The van der Waals surface area contributed by atoms with E-state index in [0.29, 0.717) is 13.0 Å². The van der Waals surface area contributed by atoms with Gasteiger partial charge in [0.25, 0.3) is 0 Å². The SMILES string of the molecule is CC(C(=O)NCc1sccc1C#CCCO)n1cccn1. The van der Waals surface area contributed by atoms with Crippen LogP contribution in [0.1, 0.15) is 29.8 Å². The van der Waals surface area contributed by atoms with Crippen LogP contribution in [0.3, 0.4) is 0 Å². The summed E-state index contributed by atoms with van der Waals surface area (Å²) >= 11 is 1.56. The van der Waals surface area contributed by atoms with Crippen LogP contribution in [-0.4, -0.2) is 27.4 Å². The second kappa shape index (κ2) is 7.62. The zero-order chi connectivity index (χ0) is 15.1. The van der Waals surface area contributed by atoms with Gasteiger partial charge in [-0.25, -0.2) is 0 Å². The molecule has 6 heteroatoms. The van der Waals surface area contributed by atoms with Crippen LogP contribution in [0.25, 0.3) is 0 Å². The van der Waals surface area contributed by atoms with Crippen molar-refractivity contribution in [2.24, 2.45) is 0 Å². The quantitative estimate of drug-likeness (QED) is 0.824. The highest BCUT2D eigenvalue weighted by molar-refractivity contribution is 7.10. The lowest BCUT2D eigenvalue weighted by atomic mass is 10.2. The smallest absolute Gasteiger partial charge is 0.244 e. The first-order valence-corrected chi connectivity index (χ1v) is 7.53. The molecule has 0 bridgehead atoms. The molecular formula is C15H17N3O2S. The number of hydrogen-bond acceptors (Lipinski definition) is 4. The first-order valence-electron chi connectivity index (χ1n) is 6.65. The first kappa shape index (κ1) is 15.3. The number of nitrogens with one attached hydrogen (secondary N) is 1. The molecule has 2 aromatic rings. The van der Waals surface area contributed by atoms with Gasteiger partial charge < -0.3 is 10.4 Å². The summed E-state index contributed by atoms with van der Waals surface area (Å²) in [4.78, 5) is 13.1. The maximum Gasteiger partial charge on any atom is 0.244 e. The van der Waals surface area contributed by atoms with Crippen LogP contribution in [-0.2, 0) is 11.3 Å². The van der Waals surface area contributed by atoms with Crippen molar-refractivity contribution in [1.82, 2.24) is 15.1 Å². The fraction of sp³-hybridized carbons (Fsp3) is 0.333. The minimum absolute atomic E-state index is 0.0601. The van der Waals surface area contributed by atoms with Crippen LogP contribution in [0.5, 0.6) is 0 Å². The molecule has 1 unspecified atom stereocenters. The topological polar surface area (TPSA) is 67.2 Å². The van der Waals surface area contributed by atoms with Gasteiger partial charge in [0.2, 0.25) is 5.91 Å². The monoisotopic (exact) mass is 303 g/mol. The van der Waals surface area contributed by atoms with Crippen molar-refractivity contribution in [1.29, 1.82) is 0 Å². The molecular weight excluding hydrogens is 286 g/mol. The highest BCUT2D eigenvalue weighted by Gasteiger charge is 2.15. The molecule has 5 nitrogen and oxygen atoms in total. The largest absolute Gasteiger partial charge is 0.395 e. The molecule has 2 rings (SSSR count). The standard InChI is InChI=1S/C15H17N3O2S/c1-12(18-8-4-7-17-18)15(20)16-11-14-13(6-10-21-14)5-2-3-9-19/h4,6-8,10,12,19H,3,9,11H2,1H3,(H,16,20). The number of aromatic nitrogens is 2. The third-order valence-corrected chi connectivity index (χ3v) is 3.85. The summed E-state index contributed by atoms with van der Waals surface area (Å²) in [5.41, 5.74) is 0.903. The van der Waals surface area contributed by atoms with E-state index in [0.717, 1.165) is 10.4 Å². The summed E-state index contributed by atoms with van der Waals surface area (Å²) in [6.07, 6.45) is 3.87. The zero-order valence-corrected chi connectivity index (χ0v) is 12.6. The fourth-order valence-electron chi connectivity index (χ4n) is 1.75. The number of hydrogen-bond donors (Lipinski definition) is 2. The number of thiophene rings is 1. The third-order valence-electron chi connectivity index (χ3n) is 2.93. The van der Waals surface area contributed by atoms with E-state index in [-0.39, 0.29) is 18.6 Å². The number of amides is 1. The van der Waals surface area contributed by atoms with Crippen LogP contribution in [0.2, 0.25) is 0 Å². The van der Waals surface area contributed by atoms with E-state index in [4.69, 9.17) is 5.11 Å². The van der Waals surface area contributed by atoms with Crippen molar-refractivity contribution in [2.75, 3.05) is 6.61 Å². The molecule has 0 aliphatic heterocycles. The van der Waals surface area contributed by atoms with Gasteiger partial charge in [0, 0.05) is 29.3 Å². The summed E-state index contributed by atoms with van der Waals surface area (Å²) < 4.78 is 1.62. The fourth-order valence-corrected chi connectivity index (χ4v) is 2.52. The third kappa shape index (κ3) is 4.18. The number of rotatable bonds is 5. The number of aliphatic hydroxyl groups excluding tert-OH is 1. The Kier molecular flexibility index (Phi) is 5.55. The lowest BCUT2D eigenvalue weighted by molar-refractivity contribution is -0.124. The Bertz CT molecular complexity index is 637. The average molecular weight is 303 g/mol. The van der Waals surface area contributed by atoms with Gasteiger partial charge in [0.15, 0.2) is 0 Å². The Balaban J connectivity index is 1.93. The molecule has 0 aromatic carbocycles. The molecule has 0 saturated heterocycles. The number of nitrogens with zero attached hydrogens (tertiary/aromatic N) is 2. The summed E-state index contributed by atoms with van der Waals surface area (Å²) in [7, 11) is 0. The number of aliphatic hydroxyl groups is 1. The molecule has 21 heavy (non-hydrogen) atoms. The Labute approximate surface area is 127 Å². The van der Waals surface area contributed by atoms with Crippen LogP contribution in [0.4, 0.5) is 0 Å². The van der Waals surface area contributed by atoms with Crippen molar-refractivity contribution in [2.45, 2.75) is 25.9 Å². The minimum atomic E-state index is -0.344. The second-order valence-electron chi connectivity index (χ2n) is 4.41. The molecule has 0 radical (unpaired) electrons. The van der Waals surface area contributed by atoms with Gasteiger partial charge in [-0.3, -0.25) is 9.48 Å². The van der Waals surface area contributed by atoms with Crippen LogP contribution in [0.15, 0.2) is 29.9 Å². The molecule has 0 saturated carbocycles. The van der Waals surface area contributed by atoms with Crippen LogP contribution in [0, 0.1) is 11.8 Å². The highest BCUT2D eigenvalue weighted by atomic mass is 32.1. The van der Waals surface area contributed by atoms with Gasteiger partial charge in [-0.15, -0.1) is 11.3 Å². The molecule has 2 aromatic heterocycles. The molecule has 1 amide bonds. The van der Waals surface area contributed by atoms with E-state index < -0.39 is 0 Å². The Morgan fingerprint density at radius 1 is 1.62 bits per heavy atom. The summed E-state index contributed by atoms with van der Waals surface area (Å²) in [6, 6.07) is 3.37. The summed E-state index contributed by atoms with van der Waals surface area (Å²) in [5.74, 6) is 5.81. The zero-order valence-electron chi connectivity index (χ0n) is 11.7. The van der Waals surface area contributed by atoms with E-state index in [1.165, 1.54) is 0 Å². The van der Waals surface area contributed by atoms with Crippen molar-refractivity contribution in [3.63, 3.8) is 0 Å². The molecule has 0 aliphatic carbocycles. The van der Waals surface area contributed by atoms with E-state index in [9.17, 15) is 4.79 Å². The average Bonchev–Trinajstić information content (AvgIpc) is 3.16. The van der Waals surface area contributed by atoms with Crippen molar-refractivity contribution in [3.05, 3.63) is 40.3 Å². The minimum Gasteiger partial charge on any atom is -0.395 e. The second-order valence-corrected chi connectivity index (χ2v) is 5.41. The molecule has 1 atom stereocenters. The normalized spacial score (nSPS) is 11.5. The Hall–Kier alpha value is -2.10. The van der Waals surface area contributed by atoms with Gasteiger partial charge in [-0.2, -0.15) is 5.10 Å². The maximum absolute atomic E-state index is 12.1. The number of carbonyl (C=O) groups excluding carboxylic acids is 1. The van der Waals surface area contributed by atoms with Gasteiger partial charge in [-0.1, -0.05) is 11.8 Å². The van der Waals surface area contributed by atoms with E-state index in [1.54, 1.807) is 41.4 Å². The molecule has 0 fully saturated rings. The lowest BCUT2D eigenvalue weighted by Crippen LogP contribution is -2.30. The van der Waals surface area contributed by atoms with Crippen LogP contribution >= 0.6 is 11.3 Å². The predicted molar refractivity (Wildman–Crippen MR) is 81.7 cm³/mol. The van der Waals surface area contributed by atoms with Crippen molar-refractivity contribution >= 4 is 17.2 Å². The van der Waals surface area contributed by atoms with Gasteiger partial charge in [-0.05, 0) is 24.4 Å². The number of carbonyl (C=O) groups is 1. The van der Waals surface area contributed by atoms with E-state index >= 15 is 0 Å². The van der Waals surface area contributed by atoms with Crippen LogP contribution < -0.4 is 5.32 Å². The van der Waals surface area contributed by atoms with Crippen molar-refractivity contribution in [3.8, 4) is 11.8 Å². The summed E-state index contributed by atoms with van der Waals surface area (Å²) in [5, 5.41) is 17.6.